The molecule has 0 amide bonds. The molecule has 0 unspecified atom stereocenters. The van der Waals surface area contributed by atoms with Crippen LogP contribution in [0.4, 0.5) is 0 Å². The Morgan fingerprint density at radius 3 is 1.47 bits per heavy atom. The Balaban J connectivity index is 1.91. The van der Waals surface area contributed by atoms with Gasteiger partial charge in [-0.15, -0.1) is 0 Å². The third-order valence-corrected chi connectivity index (χ3v) is 4.41. The van der Waals surface area contributed by atoms with Gasteiger partial charge >= 0.3 is 6.85 Å². The highest BCUT2D eigenvalue weighted by molar-refractivity contribution is 6.59. The van der Waals surface area contributed by atoms with Gasteiger partial charge in [-0.25, -0.2) is 5.53 Å². The van der Waals surface area contributed by atoms with E-state index in [9.17, 15) is 0 Å². The molecule has 0 aromatic rings. The molecule has 0 atom stereocenters. The highest BCUT2D eigenvalue weighted by Crippen LogP contribution is 2.41. The van der Waals surface area contributed by atoms with Gasteiger partial charge in [0.25, 0.3) is 0 Å². The molecule has 2 fully saturated rings. The standard InChI is InChI=1S/C12H23BN2/c14-15-13(11-7-3-1-4-8-11)12-9-5-2-6-10-12/h11-12,14H,1-10H2. The second-order valence-corrected chi connectivity index (χ2v) is 5.42. The van der Waals surface area contributed by atoms with E-state index in [1.165, 1.54) is 64.2 Å². The molecule has 0 aliphatic heterocycles. The van der Waals surface area contributed by atoms with Gasteiger partial charge in [0.05, 0.1) is 0 Å². The molecule has 0 radical (unpaired) electrons. The Morgan fingerprint density at radius 1 is 0.733 bits per heavy atom. The van der Waals surface area contributed by atoms with Crippen LogP contribution in [0.25, 0.3) is 0 Å². The topological polar surface area (TPSA) is 36.2 Å². The third-order valence-electron chi connectivity index (χ3n) is 4.41. The summed E-state index contributed by atoms with van der Waals surface area (Å²) in [6, 6.07) is 0. The average molecular weight is 206 g/mol. The van der Waals surface area contributed by atoms with Crippen molar-refractivity contribution in [2.24, 2.45) is 5.03 Å². The molecular formula is C12H23BN2. The van der Waals surface area contributed by atoms with Crippen LogP contribution >= 0.6 is 0 Å². The van der Waals surface area contributed by atoms with Crippen LogP contribution in [0.3, 0.4) is 0 Å². The Labute approximate surface area is 93.8 Å². The first-order valence-electron chi connectivity index (χ1n) is 6.78. The van der Waals surface area contributed by atoms with E-state index in [2.05, 4.69) is 5.03 Å². The Bertz CT molecular complexity index is 178. The largest absolute Gasteiger partial charge is 0.313 e. The summed E-state index contributed by atoms with van der Waals surface area (Å²) in [7, 11) is 0. The Morgan fingerprint density at radius 2 is 1.13 bits per heavy atom. The molecule has 3 heteroatoms. The molecular weight excluding hydrogens is 183 g/mol. The van der Waals surface area contributed by atoms with Gasteiger partial charge in [0.15, 0.2) is 0 Å². The van der Waals surface area contributed by atoms with Crippen molar-refractivity contribution >= 4 is 6.85 Å². The maximum atomic E-state index is 7.46. The number of nitrogens with zero attached hydrogens (tertiary/aromatic N) is 1. The zero-order chi connectivity index (χ0) is 10.5. The maximum absolute atomic E-state index is 7.46. The molecule has 2 aliphatic carbocycles. The van der Waals surface area contributed by atoms with Gasteiger partial charge in [-0.1, -0.05) is 64.2 Å². The van der Waals surface area contributed by atoms with Gasteiger partial charge in [-0.2, -0.15) is 0 Å². The van der Waals surface area contributed by atoms with Crippen molar-refractivity contribution < 1.29 is 0 Å². The Hall–Kier alpha value is -0.335. The second-order valence-electron chi connectivity index (χ2n) is 5.42. The van der Waals surface area contributed by atoms with Gasteiger partial charge in [0, 0.05) is 0 Å². The summed E-state index contributed by atoms with van der Waals surface area (Å²) >= 11 is 0. The summed E-state index contributed by atoms with van der Waals surface area (Å²) in [5.41, 5.74) is 7.46. The summed E-state index contributed by atoms with van der Waals surface area (Å²) in [6.45, 7) is 0.380. The van der Waals surface area contributed by atoms with Crippen LogP contribution in [-0.4, -0.2) is 6.85 Å². The van der Waals surface area contributed by atoms with Crippen LogP contribution in [0.5, 0.6) is 0 Å². The normalized spacial score (nSPS) is 25.1. The number of hydrogen-bond acceptors (Lipinski definition) is 2. The van der Waals surface area contributed by atoms with E-state index in [0.29, 0.717) is 6.85 Å². The predicted octanol–water partition coefficient (Wildman–Crippen LogP) is 4.68. The summed E-state index contributed by atoms with van der Waals surface area (Å²) in [6.07, 6.45) is 13.7. The molecule has 1 N–H and O–H groups in total. The summed E-state index contributed by atoms with van der Waals surface area (Å²) in [5, 5.41) is 3.99. The first-order chi connectivity index (χ1) is 7.42. The molecule has 84 valence electrons. The Kier molecular flexibility index (Phi) is 4.22. The first kappa shape index (κ1) is 11.2. The second kappa shape index (κ2) is 5.67. The molecule has 2 rings (SSSR count). The van der Waals surface area contributed by atoms with E-state index in [0.717, 1.165) is 11.6 Å². The fourth-order valence-electron chi connectivity index (χ4n) is 3.55. The minimum Gasteiger partial charge on any atom is -0.261 e. The molecule has 0 bridgehead atoms. The van der Waals surface area contributed by atoms with Crippen molar-refractivity contribution in [2.45, 2.75) is 75.8 Å². The molecule has 0 heterocycles. The van der Waals surface area contributed by atoms with Gasteiger partial charge in [0.1, 0.15) is 0 Å². The van der Waals surface area contributed by atoms with Crippen molar-refractivity contribution in [1.29, 1.82) is 5.53 Å². The molecule has 0 aromatic carbocycles. The van der Waals surface area contributed by atoms with E-state index in [4.69, 9.17) is 5.53 Å². The van der Waals surface area contributed by atoms with Crippen LogP contribution in [0.1, 0.15) is 64.2 Å². The molecule has 2 saturated carbocycles. The van der Waals surface area contributed by atoms with Gasteiger partial charge < -0.3 is 0 Å². The van der Waals surface area contributed by atoms with Gasteiger partial charge in [-0.05, 0) is 11.6 Å². The summed E-state index contributed by atoms with van der Waals surface area (Å²) in [5.74, 6) is 1.50. The van der Waals surface area contributed by atoms with Crippen molar-refractivity contribution in [3.8, 4) is 0 Å². The predicted molar refractivity (Wildman–Crippen MR) is 64.6 cm³/mol. The molecule has 2 aliphatic rings. The molecule has 0 saturated heterocycles. The minimum absolute atomic E-state index is 0.380. The summed E-state index contributed by atoms with van der Waals surface area (Å²) < 4.78 is 0. The van der Waals surface area contributed by atoms with Crippen molar-refractivity contribution in [3.05, 3.63) is 0 Å². The quantitative estimate of drug-likeness (QED) is 0.514. The van der Waals surface area contributed by atoms with Crippen LogP contribution < -0.4 is 0 Å². The lowest BCUT2D eigenvalue weighted by Gasteiger charge is -2.31. The average Bonchev–Trinajstić information content (AvgIpc) is 2.33. The van der Waals surface area contributed by atoms with E-state index >= 15 is 0 Å². The minimum atomic E-state index is 0.380. The third kappa shape index (κ3) is 2.82. The van der Waals surface area contributed by atoms with Gasteiger partial charge in [-0.3, -0.25) is 5.03 Å². The maximum Gasteiger partial charge on any atom is 0.313 e. The molecule has 0 aromatic heterocycles. The number of rotatable bonds is 3. The van der Waals surface area contributed by atoms with E-state index in [1.807, 2.05) is 0 Å². The van der Waals surface area contributed by atoms with Crippen molar-refractivity contribution in [1.82, 2.24) is 0 Å². The highest BCUT2D eigenvalue weighted by atomic mass is 14.9. The smallest absolute Gasteiger partial charge is 0.261 e. The van der Waals surface area contributed by atoms with Crippen LogP contribution in [-0.2, 0) is 0 Å². The number of hydrogen-bond donors (Lipinski definition) is 1. The SMILES string of the molecule is N=NB(C1CCCCC1)C1CCCCC1. The van der Waals surface area contributed by atoms with Crippen LogP contribution in [0, 0.1) is 5.53 Å². The fraction of sp³-hybridized carbons (Fsp3) is 1.00. The highest BCUT2D eigenvalue weighted by Gasteiger charge is 2.35. The monoisotopic (exact) mass is 206 g/mol. The van der Waals surface area contributed by atoms with Crippen molar-refractivity contribution in [2.75, 3.05) is 0 Å². The van der Waals surface area contributed by atoms with E-state index in [1.54, 1.807) is 0 Å². The molecule has 2 nitrogen and oxygen atoms in total. The number of nitrogens with one attached hydrogen (secondary N) is 1. The lowest BCUT2D eigenvalue weighted by molar-refractivity contribution is 0.459. The van der Waals surface area contributed by atoms with E-state index in [-0.39, 0.29) is 0 Å². The van der Waals surface area contributed by atoms with Crippen LogP contribution in [0.2, 0.25) is 11.6 Å². The van der Waals surface area contributed by atoms with Gasteiger partial charge in [0.2, 0.25) is 0 Å². The van der Waals surface area contributed by atoms with E-state index < -0.39 is 0 Å². The lowest BCUT2D eigenvalue weighted by atomic mass is 9.39. The zero-order valence-corrected chi connectivity index (χ0v) is 9.75. The lowest BCUT2D eigenvalue weighted by Crippen LogP contribution is -2.28. The van der Waals surface area contributed by atoms with Crippen LogP contribution in [0.15, 0.2) is 5.03 Å². The first-order valence-corrected chi connectivity index (χ1v) is 6.78. The zero-order valence-electron chi connectivity index (χ0n) is 9.75. The van der Waals surface area contributed by atoms with Crippen molar-refractivity contribution in [3.63, 3.8) is 0 Å². The molecule has 15 heavy (non-hydrogen) atoms. The molecule has 0 spiro atoms. The summed E-state index contributed by atoms with van der Waals surface area (Å²) in [4.78, 5) is 0. The fourth-order valence-corrected chi connectivity index (χ4v) is 3.55.